The maximum absolute atomic E-state index is 11.6. The molecule has 1 aliphatic heterocycles. The lowest BCUT2D eigenvalue weighted by molar-refractivity contribution is -0.129. The molecule has 0 aromatic carbocycles. The smallest absolute Gasteiger partial charge is 0.239 e. The van der Waals surface area contributed by atoms with Gasteiger partial charge in [0, 0.05) is 26.2 Å². The van der Waals surface area contributed by atoms with Crippen LogP contribution in [0.15, 0.2) is 0 Å². The van der Waals surface area contributed by atoms with Crippen molar-refractivity contribution in [1.82, 2.24) is 10.2 Å². The van der Waals surface area contributed by atoms with E-state index in [1.165, 1.54) is 0 Å². The standard InChI is InChI=1S/C11H20N2O2/c1-3-15-9-6-8(7-9)12-10-4-5-13(2)11(10)14/h8-10,12H,3-7H2,1-2H3. The SMILES string of the molecule is CCOC1CC(NC2CCN(C)C2=O)C1. The minimum Gasteiger partial charge on any atom is -0.378 e. The van der Waals surface area contributed by atoms with Crippen molar-refractivity contribution in [2.75, 3.05) is 20.2 Å². The second kappa shape index (κ2) is 4.49. The summed E-state index contributed by atoms with van der Waals surface area (Å²) in [7, 11) is 1.87. The Bertz CT molecular complexity index is 239. The zero-order chi connectivity index (χ0) is 10.8. The monoisotopic (exact) mass is 212 g/mol. The molecule has 1 N–H and O–H groups in total. The molecule has 1 saturated heterocycles. The molecular formula is C11H20N2O2. The lowest BCUT2D eigenvalue weighted by Gasteiger charge is -2.36. The van der Waals surface area contributed by atoms with Crippen LogP contribution >= 0.6 is 0 Å². The summed E-state index contributed by atoms with van der Waals surface area (Å²) < 4.78 is 5.49. The maximum atomic E-state index is 11.6. The number of rotatable bonds is 4. The molecule has 0 bridgehead atoms. The van der Waals surface area contributed by atoms with E-state index >= 15 is 0 Å². The molecule has 1 heterocycles. The fourth-order valence-corrected chi connectivity index (χ4v) is 2.34. The molecule has 1 unspecified atom stereocenters. The molecule has 4 nitrogen and oxygen atoms in total. The van der Waals surface area contributed by atoms with Gasteiger partial charge in [-0.05, 0) is 26.2 Å². The molecule has 0 aromatic rings. The van der Waals surface area contributed by atoms with Crippen molar-refractivity contribution >= 4 is 5.91 Å². The Morgan fingerprint density at radius 2 is 2.27 bits per heavy atom. The summed E-state index contributed by atoms with van der Waals surface area (Å²) in [5.41, 5.74) is 0. The minimum atomic E-state index is 0.0579. The third-order valence-corrected chi connectivity index (χ3v) is 3.36. The van der Waals surface area contributed by atoms with Crippen molar-refractivity contribution in [2.45, 2.75) is 44.4 Å². The number of carbonyl (C=O) groups is 1. The number of nitrogens with one attached hydrogen (secondary N) is 1. The van der Waals surface area contributed by atoms with E-state index in [0.717, 1.165) is 32.4 Å². The average Bonchev–Trinajstić information content (AvgIpc) is 2.46. The molecule has 86 valence electrons. The second-order valence-corrected chi connectivity index (χ2v) is 4.51. The Labute approximate surface area is 91.0 Å². The minimum absolute atomic E-state index is 0.0579. The Morgan fingerprint density at radius 1 is 1.53 bits per heavy atom. The summed E-state index contributed by atoms with van der Waals surface area (Å²) in [6.45, 7) is 3.71. The molecular weight excluding hydrogens is 192 g/mol. The molecule has 1 aliphatic carbocycles. The van der Waals surface area contributed by atoms with Gasteiger partial charge in [-0.15, -0.1) is 0 Å². The number of ether oxygens (including phenoxy) is 1. The maximum Gasteiger partial charge on any atom is 0.239 e. The largest absolute Gasteiger partial charge is 0.378 e. The van der Waals surface area contributed by atoms with Gasteiger partial charge in [-0.1, -0.05) is 0 Å². The van der Waals surface area contributed by atoms with Crippen LogP contribution in [0.5, 0.6) is 0 Å². The van der Waals surface area contributed by atoms with Gasteiger partial charge in [0.25, 0.3) is 0 Å². The average molecular weight is 212 g/mol. The highest BCUT2D eigenvalue weighted by Gasteiger charge is 2.35. The van der Waals surface area contributed by atoms with E-state index < -0.39 is 0 Å². The lowest BCUT2D eigenvalue weighted by Crippen LogP contribution is -2.51. The van der Waals surface area contributed by atoms with Crippen LogP contribution in [0.3, 0.4) is 0 Å². The third-order valence-electron chi connectivity index (χ3n) is 3.36. The number of hydrogen-bond donors (Lipinski definition) is 1. The van der Waals surface area contributed by atoms with Crippen molar-refractivity contribution in [3.05, 3.63) is 0 Å². The molecule has 2 fully saturated rings. The van der Waals surface area contributed by atoms with Gasteiger partial charge in [-0.2, -0.15) is 0 Å². The van der Waals surface area contributed by atoms with Gasteiger partial charge in [0.2, 0.25) is 5.91 Å². The van der Waals surface area contributed by atoms with Crippen LogP contribution in [0, 0.1) is 0 Å². The van der Waals surface area contributed by atoms with E-state index in [-0.39, 0.29) is 11.9 Å². The van der Waals surface area contributed by atoms with E-state index in [4.69, 9.17) is 4.74 Å². The number of likely N-dealkylation sites (N-methyl/N-ethyl adjacent to an activating group) is 1. The van der Waals surface area contributed by atoms with Crippen molar-refractivity contribution < 1.29 is 9.53 Å². The second-order valence-electron chi connectivity index (χ2n) is 4.51. The predicted molar refractivity (Wildman–Crippen MR) is 57.6 cm³/mol. The number of nitrogens with zero attached hydrogens (tertiary/aromatic N) is 1. The van der Waals surface area contributed by atoms with E-state index in [9.17, 15) is 4.79 Å². The molecule has 15 heavy (non-hydrogen) atoms. The number of likely N-dealkylation sites (tertiary alicyclic amines) is 1. The Kier molecular flexibility index (Phi) is 3.26. The molecule has 2 rings (SSSR count). The summed E-state index contributed by atoms with van der Waals surface area (Å²) in [5.74, 6) is 0.245. The van der Waals surface area contributed by atoms with Gasteiger partial charge in [0.15, 0.2) is 0 Å². The van der Waals surface area contributed by atoms with E-state index in [1.54, 1.807) is 4.90 Å². The van der Waals surface area contributed by atoms with Crippen molar-refractivity contribution in [3.63, 3.8) is 0 Å². The van der Waals surface area contributed by atoms with Crippen molar-refractivity contribution in [2.24, 2.45) is 0 Å². The van der Waals surface area contributed by atoms with Crippen LogP contribution in [0.4, 0.5) is 0 Å². The molecule has 1 saturated carbocycles. The Hall–Kier alpha value is -0.610. The summed E-state index contributed by atoms with van der Waals surface area (Å²) >= 11 is 0. The van der Waals surface area contributed by atoms with Crippen molar-refractivity contribution in [3.8, 4) is 0 Å². The first-order valence-electron chi connectivity index (χ1n) is 5.83. The number of hydrogen-bond acceptors (Lipinski definition) is 3. The van der Waals surface area contributed by atoms with Gasteiger partial charge >= 0.3 is 0 Å². The molecule has 2 aliphatic rings. The number of carbonyl (C=O) groups excluding carboxylic acids is 1. The van der Waals surface area contributed by atoms with Gasteiger partial charge in [0.1, 0.15) is 0 Å². The highest BCUT2D eigenvalue weighted by Crippen LogP contribution is 2.24. The van der Waals surface area contributed by atoms with Crippen molar-refractivity contribution in [1.29, 1.82) is 0 Å². The normalized spacial score (nSPS) is 35.7. The third kappa shape index (κ3) is 2.32. The first kappa shape index (κ1) is 10.9. The van der Waals surface area contributed by atoms with E-state index in [0.29, 0.717) is 12.1 Å². The van der Waals surface area contributed by atoms with Crippen LogP contribution in [-0.4, -0.2) is 49.2 Å². The van der Waals surface area contributed by atoms with E-state index in [1.807, 2.05) is 14.0 Å². The van der Waals surface area contributed by atoms with Crippen LogP contribution < -0.4 is 5.32 Å². The fraction of sp³-hybridized carbons (Fsp3) is 0.909. The predicted octanol–water partition coefficient (Wildman–Crippen LogP) is 0.374. The fourth-order valence-electron chi connectivity index (χ4n) is 2.34. The van der Waals surface area contributed by atoms with E-state index in [2.05, 4.69) is 5.32 Å². The number of amides is 1. The topological polar surface area (TPSA) is 41.6 Å². The first-order chi connectivity index (χ1) is 7.20. The zero-order valence-corrected chi connectivity index (χ0v) is 9.53. The Balaban J connectivity index is 1.69. The zero-order valence-electron chi connectivity index (χ0n) is 9.53. The van der Waals surface area contributed by atoms with Crippen LogP contribution in [0.25, 0.3) is 0 Å². The van der Waals surface area contributed by atoms with Gasteiger partial charge in [0.05, 0.1) is 12.1 Å². The summed E-state index contributed by atoms with van der Waals surface area (Å²) in [5, 5.41) is 3.41. The molecule has 0 spiro atoms. The lowest BCUT2D eigenvalue weighted by atomic mass is 9.88. The molecule has 0 radical (unpaired) electrons. The summed E-state index contributed by atoms with van der Waals surface area (Å²) in [4.78, 5) is 13.4. The molecule has 4 heteroatoms. The first-order valence-corrected chi connectivity index (χ1v) is 5.83. The molecule has 1 amide bonds. The summed E-state index contributed by atoms with van der Waals surface area (Å²) in [6, 6.07) is 0.546. The highest BCUT2D eigenvalue weighted by atomic mass is 16.5. The van der Waals surface area contributed by atoms with Crippen LogP contribution in [0.2, 0.25) is 0 Å². The van der Waals surface area contributed by atoms with Crippen LogP contribution in [-0.2, 0) is 9.53 Å². The Morgan fingerprint density at radius 3 is 2.80 bits per heavy atom. The van der Waals surface area contributed by atoms with Crippen LogP contribution in [0.1, 0.15) is 26.2 Å². The highest BCUT2D eigenvalue weighted by molar-refractivity contribution is 5.83. The molecule has 1 atom stereocenters. The van der Waals surface area contributed by atoms with Gasteiger partial charge in [-0.3, -0.25) is 4.79 Å². The summed E-state index contributed by atoms with van der Waals surface area (Å²) in [6.07, 6.45) is 3.48. The van der Waals surface area contributed by atoms with Gasteiger partial charge in [-0.25, -0.2) is 0 Å². The molecule has 0 aromatic heterocycles. The quantitative estimate of drug-likeness (QED) is 0.732. The van der Waals surface area contributed by atoms with Gasteiger partial charge < -0.3 is 15.0 Å².